The first kappa shape index (κ1) is 27.8. The smallest absolute Gasteiger partial charge is 0.387 e. The van der Waals surface area contributed by atoms with Gasteiger partial charge in [0, 0.05) is 37.9 Å². The predicted octanol–water partition coefficient (Wildman–Crippen LogP) is 3.34. The van der Waals surface area contributed by atoms with Crippen LogP contribution in [0.4, 0.5) is 14.5 Å². The summed E-state index contributed by atoms with van der Waals surface area (Å²) in [6, 6.07) is 13.1. The Kier molecular flexibility index (Phi) is 8.60. The fourth-order valence-electron chi connectivity index (χ4n) is 4.60. The predicted molar refractivity (Wildman–Crippen MR) is 140 cm³/mol. The van der Waals surface area contributed by atoms with Crippen LogP contribution in [0.1, 0.15) is 27.4 Å². The summed E-state index contributed by atoms with van der Waals surface area (Å²) in [5, 5.41) is 2.79. The second-order valence-corrected chi connectivity index (χ2v) is 9.02. The fourth-order valence-corrected chi connectivity index (χ4v) is 4.60. The van der Waals surface area contributed by atoms with Crippen molar-refractivity contribution in [2.24, 2.45) is 0 Å². The summed E-state index contributed by atoms with van der Waals surface area (Å²) in [7, 11) is 3.08. The van der Waals surface area contributed by atoms with Crippen LogP contribution < -0.4 is 25.2 Å². The molecule has 1 aromatic heterocycles. The molecule has 2 aromatic carbocycles. The maximum Gasteiger partial charge on any atom is 0.387 e. The number of ether oxygens (including phenoxy) is 3. The molecule has 2 atom stereocenters. The normalized spacial score (nSPS) is 17.0. The monoisotopic (exact) mass is 541 g/mol. The van der Waals surface area contributed by atoms with Crippen molar-refractivity contribution < 1.29 is 32.6 Å². The van der Waals surface area contributed by atoms with E-state index < -0.39 is 30.4 Å². The Bertz CT molecular complexity index is 1380. The molecule has 11 heteroatoms. The van der Waals surface area contributed by atoms with Crippen LogP contribution in [-0.2, 0) is 16.1 Å². The summed E-state index contributed by atoms with van der Waals surface area (Å²) >= 11 is 0. The number of alkyl halides is 2. The first-order chi connectivity index (χ1) is 18.7. The van der Waals surface area contributed by atoms with Crippen molar-refractivity contribution in [2.75, 3.05) is 32.3 Å². The van der Waals surface area contributed by atoms with Gasteiger partial charge in [-0.25, -0.2) is 0 Å². The number of rotatable bonds is 10. The summed E-state index contributed by atoms with van der Waals surface area (Å²) in [5.41, 5.74) is 1.45. The second kappa shape index (κ2) is 12.1. The number of hydrogen-bond donors (Lipinski definition) is 1. The lowest BCUT2D eigenvalue weighted by Crippen LogP contribution is -2.44. The van der Waals surface area contributed by atoms with Gasteiger partial charge in [-0.05, 0) is 60.5 Å². The third-order valence-electron chi connectivity index (χ3n) is 6.63. The number of pyridine rings is 1. The minimum atomic E-state index is -2.99. The van der Waals surface area contributed by atoms with Crippen molar-refractivity contribution in [3.63, 3.8) is 0 Å². The van der Waals surface area contributed by atoms with Crippen molar-refractivity contribution in [2.45, 2.75) is 32.0 Å². The maximum atomic E-state index is 13.8. The molecule has 1 N–H and O–H groups in total. The van der Waals surface area contributed by atoms with Gasteiger partial charge in [0.25, 0.3) is 11.5 Å². The lowest BCUT2D eigenvalue weighted by atomic mass is 9.93. The Morgan fingerprint density at radius 2 is 1.69 bits per heavy atom. The van der Waals surface area contributed by atoms with Gasteiger partial charge in [-0.15, -0.1) is 0 Å². The molecule has 1 aliphatic rings. The van der Waals surface area contributed by atoms with Crippen molar-refractivity contribution in [1.82, 2.24) is 9.88 Å². The topological polar surface area (TPSA) is 99.1 Å². The number of amides is 2. The zero-order chi connectivity index (χ0) is 28.1. The van der Waals surface area contributed by atoms with E-state index in [0.29, 0.717) is 24.5 Å². The Morgan fingerprint density at radius 3 is 2.31 bits per heavy atom. The molecule has 1 fully saturated rings. The molecule has 2 heterocycles. The number of methoxy groups -OCH3 is 2. The molecule has 0 saturated carbocycles. The van der Waals surface area contributed by atoms with Gasteiger partial charge >= 0.3 is 6.61 Å². The van der Waals surface area contributed by atoms with Crippen LogP contribution in [0.2, 0.25) is 0 Å². The van der Waals surface area contributed by atoms with Gasteiger partial charge in [0.15, 0.2) is 0 Å². The highest BCUT2D eigenvalue weighted by molar-refractivity contribution is 6.05. The van der Waals surface area contributed by atoms with Crippen LogP contribution in [0.15, 0.2) is 65.6 Å². The van der Waals surface area contributed by atoms with Gasteiger partial charge in [-0.3, -0.25) is 14.4 Å². The molecule has 39 heavy (non-hydrogen) atoms. The van der Waals surface area contributed by atoms with Gasteiger partial charge < -0.3 is 29.0 Å². The minimum absolute atomic E-state index is 0.0925. The molecule has 0 bridgehead atoms. The molecule has 1 aliphatic heterocycles. The standard InChI is InChI=1S/C28H29F2N3O6/c1-17-12-13-32(14-15-37-2)27(36)24(17)33-16-22(18-4-8-20(38-3)9-5-18)23(26(33)35)31-25(34)19-6-10-21(11-7-19)39-28(29)30/h4-13,22-23,28H,14-16H2,1-3H3,(H,31,34)/t22-,23?/m0/s1. The highest BCUT2D eigenvalue weighted by atomic mass is 19.3. The van der Waals surface area contributed by atoms with Crippen molar-refractivity contribution >= 4 is 17.5 Å². The van der Waals surface area contributed by atoms with Crippen LogP contribution in [0.25, 0.3) is 0 Å². The number of aryl methyl sites for hydroxylation is 1. The van der Waals surface area contributed by atoms with E-state index in [1.807, 2.05) is 12.1 Å². The van der Waals surface area contributed by atoms with Gasteiger partial charge in [-0.1, -0.05) is 12.1 Å². The highest BCUT2D eigenvalue weighted by Crippen LogP contribution is 2.33. The summed E-state index contributed by atoms with van der Waals surface area (Å²) < 4.78 is 41.1. The summed E-state index contributed by atoms with van der Waals surface area (Å²) in [5.74, 6) is -0.956. The number of nitrogens with one attached hydrogen (secondary N) is 1. The largest absolute Gasteiger partial charge is 0.497 e. The van der Waals surface area contributed by atoms with Gasteiger partial charge in [0.05, 0.1) is 13.7 Å². The number of carbonyl (C=O) groups is 2. The van der Waals surface area contributed by atoms with E-state index in [-0.39, 0.29) is 29.1 Å². The molecule has 2 amide bonds. The highest BCUT2D eigenvalue weighted by Gasteiger charge is 2.44. The van der Waals surface area contributed by atoms with Gasteiger partial charge in [-0.2, -0.15) is 8.78 Å². The lowest BCUT2D eigenvalue weighted by Gasteiger charge is -2.20. The minimum Gasteiger partial charge on any atom is -0.497 e. The van der Waals surface area contributed by atoms with Crippen LogP contribution >= 0.6 is 0 Å². The van der Waals surface area contributed by atoms with E-state index >= 15 is 0 Å². The van der Waals surface area contributed by atoms with Crippen molar-refractivity contribution in [3.05, 3.63) is 87.8 Å². The molecule has 4 rings (SSSR count). The Morgan fingerprint density at radius 1 is 1.03 bits per heavy atom. The molecule has 1 unspecified atom stereocenters. The number of nitrogens with zero attached hydrogens (tertiary/aromatic N) is 2. The zero-order valence-electron chi connectivity index (χ0n) is 21.7. The quantitative estimate of drug-likeness (QED) is 0.423. The molecular formula is C28H29F2N3O6. The summed E-state index contributed by atoms with van der Waals surface area (Å²) in [4.78, 5) is 41.7. The van der Waals surface area contributed by atoms with E-state index in [1.165, 1.54) is 40.8 Å². The number of hydrogen-bond acceptors (Lipinski definition) is 6. The summed E-state index contributed by atoms with van der Waals surface area (Å²) in [6.45, 7) is -0.440. The third kappa shape index (κ3) is 6.09. The van der Waals surface area contributed by atoms with Crippen LogP contribution in [0, 0.1) is 6.92 Å². The van der Waals surface area contributed by atoms with Gasteiger partial charge in [0.2, 0.25) is 5.91 Å². The number of carbonyl (C=O) groups excluding carboxylic acids is 2. The van der Waals surface area contributed by atoms with Crippen molar-refractivity contribution in [1.29, 1.82) is 0 Å². The van der Waals surface area contributed by atoms with E-state index in [4.69, 9.17) is 9.47 Å². The molecule has 1 saturated heterocycles. The summed E-state index contributed by atoms with van der Waals surface area (Å²) in [6.07, 6.45) is 1.66. The second-order valence-electron chi connectivity index (χ2n) is 9.02. The number of aromatic nitrogens is 1. The lowest BCUT2D eigenvalue weighted by molar-refractivity contribution is -0.118. The number of benzene rings is 2. The number of halogens is 2. The zero-order valence-corrected chi connectivity index (χ0v) is 21.7. The molecule has 3 aromatic rings. The van der Waals surface area contributed by atoms with E-state index in [2.05, 4.69) is 10.1 Å². The molecule has 0 aliphatic carbocycles. The fraction of sp³-hybridized carbons (Fsp3) is 0.321. The van der Waals surface area contributed by atoms with Crippen LogP contribution in [0.3, 0.4) is 0 Å². The van der Waals surface area contributed by atoms with Crippen LogP contribution in [-0.4, -0.2) is 56.4 Å². The Hall–Kier alpha value is -4.25. The van der Waals surface area contributed by atoms with E-state index in [9.17, 15) is 23.2 Å². The molecule has 9 nitrogen and oxygen atoms in total. The molecule has 0 radical (unpaired) electrons. The average molecular weight is 542 g/mol. The third-order valence-corrected chi connectivity index (χ3v) is 6.63. The Balaban J connectivity index is 1.67. The maximum absolute atomic E-state index is 13.8. The molecule has 0 spiro atoms. The van der Waals surface area contributed by atoms with E-state index in [1.54, 1.807) is 38.4 Å². The molecular weight excluding hydrogens is 512 g/mol. The average Bonchev–Trinajstić information content (AvgIpc) is 3.23. The van der Waals surface area contributed by atoms with Gasteiger partial charge in [0.1, 0.15) is 23.2 Å². The molecule has 206 valence electrons. The Labute approximate surface area is 223 Å². The van der Waals surface area contributed by atoms with Crippen LogP contribution in [0.5, 0.6) is 11.5 Å². The van der Waals surface area contributed by atoms with E-state index in [0.717, 1.165) is 5.56 Å². The first-order valence-corrected chi connectivity index (χ1v) is 12.2. The first-order valence-electron chi connectivity index (χ1n) is 12.2. The van der Waals surface area contributed by atoms with Crippen molar-refractivity contribution in [3.8, 4) is 11.5 Å². The SMILES string of the molecule is COCCn1ccc(C)c(N2C[C@@H](c3ccc(OC)cc3)C(NC(=O)c3ccc(OC(F)F)cc3)C2=O)c1=O. The number of anilines is 1.